The summed E-state index contributed by atoms with van der Waals surface area (Å²) in [5, 5.41) is 15.9. The summed E-state index contributed by atoms with van der Waals surface area (Å²) in [5.41, 5.74) is 1.23. The van der Waals surface area contributed by atoms with Crippen molar-refractivity contribution in [1.82, 2.24) is 9.78 Å². The molecule has 6 nitrogen and oxygen atoms in total. The van der Waals surface area contributed by atoms with E-state index in [2.05, 4.69) is 10.4 Å². The molecule has 0 saturated carbocycles. The van der Waals surface area contributed by atoms with E-state index in [0.29, 0.717) is 29.4 Å². The van der Waals surface area contributed by atoms with E-state index < -0.39 is 5.91 Å². The van der Waals surface area contributed by atoms with E-state index in [9.17, 15) is 10.1 Å². The average Bonchev–Trinajstić information content (AvgIpc) is 3.01. The molecule has 2 rings (SSSR count). The Morgan fingerprint density at radius 1 is 1.48 bits per heavy atom. The number of anilines is 1. The maximum atomic E-state index is 12.2. The van der Waals surface area contributed by atoms with Gasteiger partial charge in [0.05, 0.1) is 19.9 Å². The smallest absolute Gasteiger partial charge is 0.266 e. The first kappa shape index (κ1) is 16.6. The maximum absolute atomic E-state index is 12.2. The zero-order valence-electron chi connectivity index (χ0n) is 12.5. The third-order valence-electron chi connectivity index (χ3n) is 2.99. The van der Waals surface area contributed by atoms with Crippen LogP contribution in [0.15, 0.2) is 42.2 Å². The molecule has 7 heteroatoms. The molecule has 1 aromatic heterocycles. The number of nitriles is 1. The van der Waals surface area contributed by atoms with Gasteiger partial charge in [-0.05, 0) is 30.3 Å². The number of hydrogen-bond acceptors (Lipinski definition) is 4. The summed E-state index contributed by atoms with van der Waals surface area (Å²) in [5.74, 6) is 0.641. The summed E-state index contributed by atoms with van der Waals surface area (Å²) in [6, 6.07) is 8.74. The van der Waals surface area contributed by atoms with Crippen LogP contribution in [-0.4, -0.2) is 28.7 Å². The van der Waals surface area contributed by atoms with Crippen LogP contribution in [0.4, 0.5) is 5.69 Å². The number of amides is 1. The van der Waals surface area contributed by atoms with Gasteiger partial charge in [0.15, 0.2) is 0 Å². The second-order valence-corrected chi connectivity index (χ2v) is 4.96. The third-order valence-corrected chi connectivity index (χ3v) is 3.16. The van der Waals surface area contributed by atoms with E-state index in [1.54, 1.807) is 48.5 Å². The summed E-state index contributed by atoms with van der Waals surface area (Å²) in [6.07, 6.45) is 4.78. The number of halogens is 1. The number of aryl methyl sites for hydroxylation is 1. The van der Waals surface area contributed by atoms with Crippen LogP contribution >= 0.6 is 11.6 Å². The van der Waals surface area contributed by atoms with E-state index in [-0.39, 0.29) is 5.57 Å². The van der Waals surface area contributed by atoms with Crippen molar-refractivity contribution in [2.75, 3.05) is 18.3 Å². The number of hydrogen-bond donors (Lipinski definition) is 1. The van der Waals surface area contributed by atoms with Crippen molar-refractivity contribution in [3.63, 3.8) is 0 Å². The molecule has 0 radical (unpaired) electrons. The number of nitrogens with zero attached hydrogens (tertiary/aromatic N) is 3. The van der Waals surface area contributed by atoms with Gasteiger partial charge in [-0.3, -0.25) is 9.48 Å². The van der Waals surface area contributed by atoms with Crippen LogP contribution < -0.4 is 10.1 Å². The van der Waals surface area contributed by atoms with Gasteiger partial charge in [-0.1, -0.05) is 0 Å². The van der Waals surface area contributed by atoms with Gasteiger partial charge in [0, 0.05) is 23.3 Å². The molecule has 0 spiro atoms. The number of carbonyl (C=O) groups excluding carboxylic acids is 1. The molecule has 0 unspecified atom stereocenters. The first-order valence-electron chi connectivity index (χ1n) is 6.82. The predicted octanol–water partition coefficient (Wildman–Crippen LogP) is 2.68. The number of rotatable bonds is 6. The zero-order valence-corrected chi connectivity index (χ0v) is 13.2. The molecule has 1 heterocycles. The minimum absolute atomic E-state index is 0.00811. The summed E-state index contributed by atoms with van der Waals surface area (Å²) in [4.78, 5) is 12.2. The van der Waals surface area contributed by atoms with E-state index in [1.807, 2.05) is 6.07 Å². The fourth-order valence-electron chi connectivity index (χ4n) is 1.85. The molecule has 0 atom stereocenters. The molecule has 23 heavy (non-hydrogen) atoms. The molecule has 118 valence electrons. The summed E-state index contributed by atoms with van der Waals surface area (Å²) < 4.78 is 6.70. The van der Waals surface area contributed by atoms with Crippen molar-refractivity contribution >= 4 is 29.3 Å². The van der Waals surface area contributed by atoms with E-state index in [1.165, 1.54) is 6.08 Å². The molecule has 0 saturated heterocycles. The Balaban J connectivity index is 2.10. The summed E-state index contributed by atoms with van der Waals surface area (Å²) >= 11 is 5.64. The highest BCUT2D eigenvalue weighted by Gasteiger charge is 2.10. The minimum Gasteiger partial charge on any atom is -0.497 e. The van der Waals surface area contributed by atoms with Gasteiger partial charge in [-0.2, -0.15) is 10.4 Å². The van der Waals surface area contributed by atoms with Crippen LogP contribution in [0.2, 0.25) is 0 Å². The fraction of sp³-hybridized carbons (Fsp3) is 0.188. The van der Waals surface area contributed by atoms with Crippen LogP contribution in [0.5, 0.6) is 5.75 Å². The molecule has 0 aliphatic heterocycles. The molecule has 0 fully saturated rings. The highest BCUT2D eigenvalue weighted by atomic mass is 35.5. The molecule has 0 aliphatic rings. The molecular weight excluding hydrogens is 316 g/mol. The van der Waals surface area contributed by atoms with Gasteiger partial charge in [-0.15, -0.1) is 11.6 Å². The van der Waals surface area contributed by atoms with Crippen LogP contribution in [-0.2, 0) is 11.3 Å². The van der Waals surface area contributed by atoms with Gasteiger partial charge >= 0.3 is 0 Å². The number of alkyl halides is 1. The average molecular weight is 331 g/mol. The number of methoxy groups -OCH3 is 1. The van der Waals surface area contributed by atoms with Gasteiger partial charge in [-0.25, -0.2) is 0 Å². The van der Waals surface area contributed by atoms with E-state index in [4.69, 9.17) is 16.3 Å². The van der Waals surface area contributed by atoms with Gasteiger partial charge in [0.2, 0.25) is 0 Å². The Morgan fingerprint density at radius 2 is 2.22 bits per heavy atom. The van der Waals surface area contributed by atoms with E-state index >= 15 is 0 Å². The number of ether oxygens (including phenoxy) is 1. The first-order valence-corrected chi connectivity index (χ1v) is 7.35. The molecule has 0 bridgehead atoms. The third kappa shape index (κ3) is 4.59. The molecule has 1 aromatic carbocycles. The van der Waals surface area contributed by atoms with E-state index in [0.717, 1.165) is 0 Å². The standard InChI is InChI=1S/C16H15ClN4O2/c1-23-15-4-2-14(3-5-15)20-16(22)13(9-18)8-12-10-19-21(11-12)7-6-17/h2-5,8,10-11H,6-7H2,1H3,(H,20,22). The Morgan fingerprint density at radius 3 is 2.83 bits per heavy atom. The second kappa shape index (κ2) is 8.01. The molecule has 1 amide bonds. The maximum Gasteiger partial charge on any atom is 0.266 e. The predicted molar refractivity (Wildman–Crippen MR) is 88.2 cm³/mol. The largest absolute Gasteiger partial charge is 0.497 e. The number of carbonyl (C=O) groups is 1. The molecule has 1 N–H and O–H groups in total. The zero-order chi connectivity index (χ0) is 16.7. The second-order valence-electron chi connectivity index (χ2n) is 4.58. The van der Waals surface area contributed by atoms with Crippen molar-refractivity contribution in [2.24, 2.45) is 0 Å². The lowest BCUT2D eigenvalue weighted by Crippen LogP contribution is -2.13. The topological polar surface area (TPSA) is 79.9 Å². The van der Waals surface area contributed by atoms with Gasteiger partial charge in [0.1, 0.15) is 17.4 Å². The molecular formula is C16H15ClN4O2. The Kier molecular flexibility index (Phi) is 5.78. The number of nitrogens with one attached hydrogen (secondary N) is 1. The van der Waals surface area contributed by atoms with Crippen molar-refractivity contribution in [1.29, 1.82) is 5.26 Å². The Hall–Kier alpha value is -2.78. The van der Waals surface area contributed by atoms with Gasteiger partial charge < -0.3 is 10.1 Å². The van der Waals surface area contributed by atoms with Crippen LogP contribution in [0, 0.1) is 11.3 Å². The van der Waals surface area contributed by atoms with Crippen molar-refractivity contribution in [2.45, 2.75) is 6.54 Å². The fourth-order valence-corrected chi connectivity index (χ4v) is 2.02. The first-order chi connectivity index (χ1) is 11.2. The lowest BCUT2D eigenvalue weighted by molar-refractivity contribution is -0.112. The molecule has 2 aromatic rings. The van der Waals surface area contributed by atoms with Crippen LogP contribution in [0.25, 0.3) is 6.08 Å². The Labute approximate surface area is 138 Å². The minimum atomic E-state index is -0.484. The monoisotopic (exact) mass is 330 g/mol. The van der Waals surface area contributed by atoms with Crippen molar-refractivity contribution < 1.29 is 9.53 Å². The van der Waals surface area contributed by atoms with Crippen LogP contribution in [0.3, 0.4) is 0 Å². The lowest BCUT2D eigenvalue weighted by atomic mass is 10.2. The Bertz CT molecular complexity index is 744. The quantitative estimate of drug-likeness (QED) is 0.501. The van der Waals surface area contributed by atoms with Crippen LogP contribution in [0.1, 0.15) is 5.56 Å². The normalized spacial score (nSPS) is 10.9. The number of benzene rings is 1. The highest BCUT2D eigenvalue weighted by molar-refractivity contribution is 6.17. The van der Waals surface area contributed by atoms with Crippen molar-refractivity contribution in [3.8, 4) is 11.8 Å². The van der Waals surface area contributed by atoms with Crippen molar-refractivity contribution in [3.05, 3.63) is 47.8 Å². The lowest BCUT2D eigenvalue weighted by Gasteiger charge is -2.05. The molecule has 0 aliphatic carbocycles. The summed E-state index contributed by atoms with van der Waals surface area (Å²) in [6.45, 7) is 0.565. The van der Waals surface area contributed by atoms with Gasteiger partial charge in [0.25, 0.3) is 5.91 Å². The number of aromatic nitrogens is 2. The summed E-state index contributed by atoms with van der Waals surface area (Å²) in [7, 11) is 1.56. The highest BCUT2D eigenvalue weighted by Crippen LogP contribution is 2.16. The SMILES string of the molecule is COc1ccc(NC(=O)C(C#N)=Cc2cnn(CCCl)c2)cc1.